The van der Waals surface area contributed by atoms with Gasteiger partial charge in [-0.25, -0.2) is 0 Å². The van der Waals surface area contributed by atoms with Crippen LogP contribution in [0.15, 0.2) is 15.2 Å². The minimum Gasteiger partial charge on any atom is -0.388 e. The molecule has 0 aliphatic carbocycles. The lowest BCUT2D eigenvalue weighted by molar-refractivity contribution is 0.0846. The van der Waals surface area contributed by atoms with E-state index in [2.05, 4.69) is 32.7 Å². The summed E-state index contributed by atoms with van der Waals surface area (Å²) in [5.74, 6) is 0.757. The summed E-state index contributed by atoms with van der Waals surface area (Å²) in [7, 11) is 0. The van der Waals surface area contributed by atoms with Crippen LogP contribution in [0.1, 0.15) is 12.5 Å². The molecule has 0 aliphatic rings. The van der Waals surface area contributed by atoms with Crippen LogP contribution in [0, 0.1) is 0 Å². The highest BCUT2D eigenvalue weighted by Crippen LogP contribution is 2.20. The number of hydrogen-bond donors (Lipinski definition) is 2. The van der Waals surface area contributed by atoms with Crippen molar-refractivity contribution in [1.82, 2.24) is 5.32 Å². The van der Waals surface area contributed by atoms with E-state index in [0.717, 1.165) is 16.1 Å². The number of halogens is 1. The summed E-state index contributed by atoms with van der Waals surface area (Å²) in [6.45, 7) is 3.30. The minimum atomic E-state index is -0.618. The van der Waals surface area contributed by atoms with E-state index >= 15 is 0 Å². The van der Waals surface area contributed by atoms with Crippen molar-refractivity contribution in [2.75, 3.05) is 18.6 Å². The van der Waals surface area contributed by atoms with Crippen LogP contribution in [0.2, 0.25) is 0 Å². The van der Waals surface area contributed by atoms with Crippen molar-refractivity contribution in [3.8, 4) is 0 Å². The summed E-state index contributed by atoms with van der Waals surface area (Å²) in [6, 6.07) is 2.10. The first-order valence-corrected chi connectivity index (χ1v) is 7.75. The number of hydrogen-bond acceptors (Lipinski definition) is 4. The van der Waals surface area contributed by atoms with Gasteiger partial charge in [-0.05, 0) is 46.1 Å². The Kier molecular flexibility index (Phi) is 5.63. The molecule has 1 rings (SSSR count). The molecule has 86 valence electrons. The summed E-state index contributed by atoms with van der Waals surface area (Å²) in [5.41, 5.74) is 0.638. The fourth-order valence-corrected chi connectivity index (χ4v) is 3.21. The first-order chi connectivity index (χ1) is 7.03. The van der Waals surface area contributed by atoms with E-state index in [1.165, 1.54) is 5.56 Å². The third kappa shape index (κ3) is 5.36. The molecule has 2 N–H and O–H groups in total. The first kappa shape index (κ1) is 13.5. The maximum absolute atomic E-state index is 9.91. The number of aliphatic hydroxyl groups is 1. The van der Waals surface area contributed by atoms with Crippen molar-refractivity contribution in [1.29, 1.82) is 0 Å². The predicted molar refractivity (Wildman–Crippen MR) is 72.7 cm³/mol. The van der Waals surface area contributed by atoms with Gasteiger partial charge in [0.2, 0.25) is 0 Å². The Bertz CT molecular complexity index is 301. The van der Waals surface area contributed by atoms with Crippen LogP contribution < -0.4 is 5.32 Å². The SMILES string of the molecule is CSCC(C)(O)CNCc1csc(Br)c1. The molecule has 0 fully saturated rings. The van der Waals surface area contributed by atoms with Crippen molar-refractivity contribution in [2.24, 2.45) is 0 Å². The van der Waals surface area contributed by atoms with Crippen LogP contribution >= 0.6 is 39.0 Å². The summed E-state index contributed by atoms with van der Waals surface area (Å²) in [4.78, 5) is 0. The molecule has 1 aromatic heterocycles. The van der Waals surface area contributed by atoms with Crippen LogP contribution in [0.5, 0.6) is 0 Å². The maximum atomic E-state index is 9.91. The van der Waals surface area contributed by atoms with Gasteiger partial charge in [-0.15, -0.1) is 11.3 Å². The zero-order valence-corrected chi connectivity index (χ0v) is 12.1. The van der Waals surface area contributed by atoms with E-state index in [4.69, 9.17) is 0 Å². The molecule has 1 unspecified atom stereocenters. The van der Waals surface area contributed by atoms with Crippen LogP contribution in [0.4, 0.5) is 0 Å². The Labute approximate surface area is 108 Å². The third-order valence-corrected chi connectivity index (χ3v) is 4.38. The second-order valence-electron chi connectivity index (χ2n) is 3.79. The Morgan fingerprint density at radius 3 is 2.93 bits per heavy atom. The van der Waals surface area contributed by atoms with Crippen molar-refractivity contribution < 1.29 is 5.11 Å². The fraction of sp³-hybridized carbons (Fsp3) is 0.600. The summed E-state index contributed by atoms with van der Waals surface area (Å²) < 4.78 is 1.15. The van der Waals surface area contributed by atoms with Gasteiger partial charge in [-0.3, -0.25) is 0 Å². The molecule has 1 aromatic rings. The second kappa shape index (κ2) is 6.25. The van der Waals surface area contributed by atoms with Gasteiger partial charge < -0.3 is 10.4 Å². The summed E-state index contributed by atoms with van der Waals surface area (Å²) >= 11 is 6.77. The molecule has 1 heterocycles. The Morgan fingerprint density at radius 2 is 2.40 bits per heavy atom. The lowest BCUT2D eigenvalue weighted by Crippen LogP contribution is -2.39. The van der Waals surface area contributed by atoms with E-state index < -0.39 is 5.60 Å². The monoisotopic (exact) mass is 309 g/mol. The topological polar surface area (TPSA) is 32.3 Å². The van der Waals surface area contributed by atoms with Gasteiger partial charge >= 0.3 is 0 Å². The molecular weight excluding hydrogens is 294 g/mol. The largest absolute Gasteiger partial charge is 0.388 e. The molecule has 15 heavy (non-hydrogen) atoms. The Balaban J connectivity index is 2.27. The fourth-order valence-electron chi connectivity index (χ4n) is 1.28. The summed E-state index contributed by atoms with van der Waals surface area (Å²) in [6.07, 6.45) is 2.00. The molecule has 0 aromatic carbocycles. The highest BCUT2D eigenvalue weighted by Gasteiger charge is 2.18. The molecular formula is C10H16BrNOS2. The molecule has 0 saturated carbocycles. The van der Waals surface area contributed by atoms with Gasteiger partial charge in [0.1, 0.15) is 0 Å². The number of nitrogens with one attached hydrogen (secondary N) is 1. The number of thioether (sulfide) groups is 1. The molecule has 0 radical (unpaired) electrons. The lowest BCUT2D eigenvalue weighted by atomic mass is 10.1. The van der Waals surface area contributed by atoms with E-state index in [1.807, 2.05) is 13.2 Å². The van der Waals surface area contributed by atoms with Crippen molar-refractivity contribution in [3.05, 3.63) is 20.8 Å². The highest BCUT2D eigenvalue weighted by atomic mass is 79.9. The van der Waals surface area contributed by atoms with Crippen LogP contribution in [0.3, 0.4) is 0 Å². The second-order valence-corrected chi connectivity index (χ2v) is 6.95. The average Bonchev–Trinajstić information content (AvgIpc) is 2.51. The zero-order chi connectivity index (χ0) is 11.3. The Morgan fingerprint density at radius 1 is 1.67 bits per heavy atom. The van der Waals surface area contributed by atoms with Crippen LogP contribution in [0.25, 0.3) is 0 Å². The third-order valence-electron chi connectivity index (χ3n) is 1.91. The maximum Gasteiger partial charge on any atom is 0.0833 e. The molecule has 0 amide bonds. The van der Waals surface area contributed by atoms with Gasteiger partial charge in [0, 0.05) is 18.8 Å². The molecule has 0 spiro atoms. The van der Waals surface area contributed by atoms with E-state index in [9.17, 15) is 5.11 Å². The van der Waals surface area contributed by atoms with Gasteiger partial charge in [-0.2, -0.15) is 11.8 Å². The molecule has 2 nitrogen and oxygen atoms in total. The van der Waals surface area contributed by atoms with Gasteiger partial charge in [0.25, 0.3) is 0 Å². The minimum absolute atomic E-state index is 0.618. The predicted octanol–water partition coefficient (Wildman–Crippen LogP) is 2.71. The first-order valence-electron chi connectivity index (χ1n) is 4.68. The molecule has 0 bridgehead atoms. The normalized spacial score (nSPS) is 15.2. The highest BCUT2D eigenvalue weighted by molar-refractivity contribution is 9.11. The van der Waals surface area contributed by atoms with Crippen LogP contribution in [-0.4, -0.2) is 29.3 Å². The van der Waals surface area contributed by atoms with Crippen molar-refractivity contribution >= 4 is 39.0 Å². The molecule has 5 heteroatoms. The lowest BCUT2D eigenvalue weighted by Gasteiger charge is -2.22. The quantitative estimate of drug-likeness (QED) is 0.847. The molecule has 0 saturated heterocycles. The van der Waals surface area contributed by atoms with Crippen LogP contribution in [-0.2, 0) is 6.54 Å². The average molecular weight is 310 g/mol. The van der Waals surface area contributed by atoms with Gasteiger partial charge in [-0.1, -0.05) is 0 Å². The van der Waals surface area contributed by atoms with E-state index in [0.29, 0.717) is 6.54 Å². The standard InChI is InChI=1S/C10H16BrNOS2/c1-10(13,7-14-2)6-12-4-8-3-9(11)15-5-8/h3,5,12-13H,4,6-7H2,1-2H3. The van der Waals surface area contributed by atoms with Gasteiger partial charge in [0.05, 0.1) is 9.39 Å². The molecule has 1 atom stereocenters. The Hall–Kier alpha value is 0.450. The number of rotatable bonds is 6. The van der Waals surface area contributed by atoms with E-state index in [-0.39, 0.29) is 0 Å². The van der Waals surface area contributed by atoms with Crippen molar-refractivity contribution in [3.63, 3.8) is 0 Å². The summed E-state index contributed by atoms with van der Waals surface area (Å²) in [5, 5.41) is 15.3. The smallest absolute Gasteiger partial charge is 0.0833 e. The van der Waals surface area contributed by atoms with Crippen molar-refractivity contribution in [2.45, 2.75) is 19.1 Å². The van der Waals surface area contributed by atoms with Gasteiger partial charge in [0.15, 0.2) is 0 Å². The zero-order valence-electron chi connectivity index (χ0n) is 8.92. The molecule has 0 aliphatic heterocycles. The van der Waals surface area contributed by atoms with E-state index in [1.54, 1.807) is 23.1 Å². The number of thiophene rings is 1.